The first-order valence-corrected chi connectivity index (χ1v) is 10.6. The van der Waals surface area contributed by atoms with Gasteiger partial charge in [-0.05, 0) is 32.9 Å². The van der Waals surface area contributed by atoms with E-state index in [-0.39, 0.29) is 18.7 Å². The highest BCUT2D eigenvalue weighted by atomic mass is 16.5. The molecule has 9 nitrogen and oxygen atoms in total. The van der Waals surface area contributed by atoms with Crippen molar-refractivity contribution in [1.82, 2.24) is 19.7 Å². The zero-order valence-electron chi connectivity index (χ0n) is 18.3. The molecule has 0 saturated carbocycles. The van der Waals surface area contributed by atoms with E-state index in [2.05, 4.69) is 30.8 Å². The summed E-state index contributed by atoms with van der Waals surface area (Å²) < 4.78 is 13.2. The van der Waals surface area contributed by atoms with Gasteiger partial charge in [0.25, 0.3) is 0 Å². The van der Waals surface area contributed by atoms with E-state index in [4.69, 9.17) is 25.2 Å². The van der Waals surface area contributed by atoms with Gasteiger partial charge in [-0.2, -0.15) is 5.10 Å². The molecule has 166 valence electrons. The summed E-state index contributed by atoms with van der Waals surface area (Å²) in [5.74, 6) is 2.10. The first-order chi connectivity index (χ1) is 14.9. The Hall–Kier alpha value is -2.75. The van der Waals surface area contributed by atoms with Gasteiger partial charge in [0.15, 0.2) is 11.5 Å². The van der Waals surface area contributed by atoms with Gasteiger partial charge in [0, 0.05) is 25.2 Å². The second kappa shape index (κ2) is 8.78. The zero-order chi connectivity index (χ0) is 22.0. The van der Waals surface area contributed by atoms with Crippen molar-refractivity contribution in [2.75, 3.05) is 44.4 Å². The van der Waals surface area contributed by atoms with E-state index in [1.54, 1.807) is 0 Å². The number of morpholine rings is 1. The number of benzene rings is 1. The van der Waals surface area contributed by atoms with E-state index in [9.17, 15) is 5.11 Å². The molecule has 2 aromatic heterocycles. The fraction of sp³-hybridized carbons (Fsp3) is 0.500. The molecule has 1 unspecified atom stereocenters. The lowest BCUT2D eigenvalue weighted by Crippen LogP contribution is -2.37. The van der Waals surface area contributed by atoms with Crippen molar-refractivity contribution < 1.29 is 14.6 Å². The summed E-state index contributed by atoms with van der Waals surface area (Å²) in [6, 6.07) is 7.57. The van der Waals surface area contributed by atoms with E-state index in [0.717, 1.165) is 35.5 Å². The number of nitrogens with two attached hydrogens (primary N) is 1. The molecule has 1 saturated heterocycles. The molecule has 9 heteroatoms. The molecule has 31 heavy (non-hydrogen) atoms. The molecular formula is C22H30N6O3. The molecular weight excluding hydrogens is 396 g/mol. The largest absolute Gasteiger partial charge is 0.491 e. The SMILES string of the molecule is CC(C)(C)n1ncc2c(N3CCOCC3)nc(-c3cccc(OCC(O)CN)c3)nc21. The lowest BCUT2D eigenvalue weighted by molar-refractivity contribution is 0.114. The summed E-state index contributed by atoms with van der Waals surface area (Å²) in [5.41, 5.74) is 6.87. The minimum Gasteiger partial charge on any atom is -0.491 e. The van der Waals surface area contributed by atoms with E-state index in [0.29, 0.717) is 24.8 Å². The zero-order valence-corrected chi connectivity index (χ0v) is 18.3. The molecule has 0 aliphatic carbocycles. The fourth-order valence-electron chi connectivity index (χ4n) is 3.51. The second-order valence-corrected chi connectivity index (χ2v) is 8.66. The molecule has 3 heterocycles. The van der Waals surface area contributed by atoms with Crippen molar-refractivity contribution in [2.45, 2.75) is 32.4 Å². The Morgan fingerprint density at radius 3 is 2.71 bits per heavy atom. The van der Waals surface area contributed by atoms with E-state index >= 15 is 0 Å². The number of aromatic nitrogens is 4. The van der Waals surface area contributed by atoms with Crippen molar-refractivity contribution in [3.63, 3.8) is 0 Å². The molecule has 3 N–H and O–H groups in total. The molecule has 0 radical (unpaired) electrons. The second-order valence-electron chi connectivity index (χ2n) is 8.66. The Morgan fingerprint density at radius 1 is 1.23 bits per heavy atom. The number of ether oxygens (including phenoxy) is 2. The van der Waals surface area contributed by atoms with Gasteiger partial charge >= 0.3 is 0 Å². The molecule has 3 aromatic rings. The van der Waals surface area contributed by atoms with Gasteiger partial charge in [-0.1, -0.05) is 12.1 Å². The third-order valence-electron chi connectivity index (χ3n) is 5.16. The van der Waals surface area contributed by atoms with Crippen molar-refractivity contribution in [1.29, 1.82) is 0 Å². The van der Waals surface area contributed by atoms with Crippen molar-refractivity contribution in [3.8, 4) is 17.1 Å². The van der Waals surface area contributed by atoms with Crippen molar-refractivity contribution >= 4 is 16.9 Å². The van der Waals surface area contributed by atoms with Gasteiger partial charge in [-0.25, -0.2) is 14.6 Å². The van der Waals surface area contributed by atoms with E-state index in [1.807, 2.05) is 35.1 Å². The van der Waals surface area contributed by atoms with Crippen LogP contribution in [-0.4, -0.2) is 70.4 Å². The van der Waals surface area contributed by atoms with Crippen molar-refractivity contribution in [3.05, 3.63) is 30.5 Å². The van der Waals surface area contributed by atoms with Gasteiger partial charge in [0.05, 0.1) is 30.3 Å². The summed E-state index contributed by atoms with van der Waals surface area (Å²) in [7, 11) is 0. The first-order valence-electron chi connectivity index (χ1n) is 10.6. The van der Waals surface area contributed by atoms with Crippen molar-refractivity contribution in [2.24, 2.45) is 5.73 Å². The Labute approximate surface area is 181 Å². The van der Waals surface area contributed by atoms with E-state index < -0.39 is 6.10 Å². The van der Waals surface area contributed by atoms with E-state index in [1.165, 1.54) is 0 Å². The molecule has 0 bridgehead atoms. The average Bonchev–Trinajstić information content (AvgIpc) is 3.22. The van der Waals surface area contributed by atoms with Gasteiger partial charge in [0.2, 0.25) is 0 Å². The first kappa shape index (κ1) is 21.5. The number of hydrogen-bond donors (Lipinski definition) is 2. The Bertz CT molecular complexity index is 1040. The van der Waals surface area contributed by atoms with Crippen LogP contribution in [0.3, 0.4) is 0 Å². The fourth-order valence-corrected chi connectivity index (χ4v) is 3.51. The number of anilines is 1. The molecule has 1 aliphatic heterocycles. The normalized spacial score (nSPS) is 16.0. The molecule has 0 amide bonds. The summed E-state index contributed by atoms with van der Waals surface area (Å²) in [5, 5.41) is 15.2. The number of hydrogen-bond acceptors (Lipinski definition) is 8. The predicted octanol–water partition coefficient (Wildman–Crippen LogP) is 1.78. The van der Waals surface area contributed by atoms with Crippen LogP contribution in [0.15, 0.2) is 30.5 Å². The van der Waals surface area contributed by atoms with Crippen LogP contribution in [0.25, 0.3) is 22.4 Å². The summed E-state index contributed by atoms with van der Waals surface area (Å²) in [6.45, 7) is 9.47. The highest BCUT2D eigenvalue weighted by Gasteiger charge is 2.24. The maximum Gasteiger partial charge on any atom is 0.164 e. The van der Waals surface area contributed by atoms with Gasteiger partial charge in [-0.3, -0.25) is 0 Å². The molecule has 1 aromatic carbocycles. The van der Waals surface area contributed by atoms with Crippen LogP contribution in [0.2, 0.25) is 0 Å². The minimum atomic E-state index is -0.703. The molecule has 1 fully saturated rings. The minimum absolute atomic E-state index is 0.135. The summed E-state index contributed by atoms with van der Waals surface area (Å²) >= 11 is 0. The maximum atomic E-state index is 9.69. The number of aliphatic hydroxyl groups excluding tert-OH is 1. The van der Waals surface area contributed by atoms with Crippen LogP contribution in [0.1, 0.15) is 20.8 Å². The highest BCUT2D eigenvalue weighted by Crippen LogP contribution is 2.31. The molecule has 1 atom stereocenters. The van der Waals surface area contributed by atoms with Crippen LogP contribution >= 0.6 is 0 Å². The standard InChI is InChI=1S/C22H30N6O3/c1-22(2,3)28-21-18(13-24-28)20(27-7-9-30-10-8-27)25-19(26-21)15-5-4-6-17(11-15)31-14-16(29)12-23/h4-6,11,13,16,29H,7-10,12,14,23H2,1-3H3. The Kier molecular flexibility index (Phi) is 6.08. The van der Waals surface area contributed by atoms with Crippen LogP contribution in [0.4, 0.5) is 5.82 Å². The van der Waals surface area contributed by atoms with Crippen LogP contribution < -0.4 is 15.4 Å². The quantitative estimate of drug-likeness (QED) is 0.614. The summed E-state index contributed by atoms with van der Waals surface area (Å²) in [6.07, 6.45) is 1.15. The average molecular weight is 427 g/mol. The monoisotopic (exact) mass is 426 g/mol. The lowest BCUT2D eigenvalue weighted by atomic mass is 10.1. The molecule has 0 spiro atoms. The van der Waals surface area contributed by atoms with Crippen LogP contribution in [0, 0.1) is 0 Å². The predicted molar refractivity (Wildman–Crippen MR) is 119 cm³/mol. The number of rotatable bonds is 6. The maximum absolute atomic E-state index is 9.69. The third-order valence-corrected chi connectivity index (χ3v) is 5.16. The molecule has 4 rings (SSSR count). The topological polar surface area (TPSA) is 112 Å². The Balaban J connectivity index is 1.79. The lowest BCUT2D eigenvalue weighted by Gasteiger charge is -2.28. The molecule has 1 aliphatic rings. The number of aliphatic hydroxyl groups is 1. The van der Waals surface area contributed by atoms with Gasteiger partial charge in [0.1, 0.15) is 24.3 Å². The smallest absolute Gasteiger partial charge is 0.164 e. The van der Waals surface area contributed by atoms with Gasteiger partial charge < -0.3 is 25.2 Å². The number of fused-ring (bicyclic) bond motifs is 1. The van der Waals surface area contributed by atoms with Crippen LogP contribution in [0.5, 0.6) is 5.75 Å². The number of nitrogens with zero attached hydrogens (tertiary/aromatic N) is 5. The Morgan fingerprint density at radius 2 is 2.00 bits per heavy atom. The summed E-state index contributed by atoms with van der Waals surface area (Å²) in [4.78, 5) is 12.0. The van der Waals surface area contributed by atoms with Crippen LogP contribution in [-0.2, 0) is 10.3 Å². The van der Waals surface area contributed by atoms with Gasteiger partial charge in [-0.15, -0.1) is 0 Å². The third kappa shape index (κ3) is 4.63. The highest BCUT2D eigenvalue weighted by molar-refractivity contribution is 5.89.